The number of piperidine rings is 1. The van der Waals surface area contributed by atoms with Crippen LogP contribution in [-0.4, -0.2) is 32.4 Å². The van der Waals surface area contributed by atoms with Crippen molar-refractivity contribution in [3.63, 3.8) is 0 Å². The molecule has 1 unspecified atom stereocenters. The second kappa shape index (κ2) is 7.41. The van der Waals surface area contributed by atoms with E-state index in [-0.39, 0.29) is 12.4 Å². The second-order valence-corrected chi connectivity index (χ2v) is 7.20. The molecule has 0 spiro atoms. The van der Waals surface area contributed by atoms with Gasteiger partial charge in [-0.1, -0.05) is 17.7 Å². The highest BCUT2D eigenvalue weighted by molar-refractivity contribution is 7.89. The van der Waals surface area contributed by atoms with Crippen LogP contribution >= 0.6 is 12.4 Å². The van der Waals surface area contributed by atoms with Gasteiger partial charge in [-0.2, -0.15) is 4.31 Å². The van der Waals surface area contributed by atoms with Gasteiger partial charge in [0, 0.05) is 13.1 Å². The summed E-state index contributed by atoms with van der Waals surface area (Å²) in [5, 5.41) is 0. The van der Waals surface area contributed by atoms with Crippen molar-refractivity contribution < 1.29 is 8.42 Å². The van der Waals surface area contributed by atoms with Gasteiger partial charge >= 0.3 is 0 Å². The van der Waals surface area contributed by atoms with Gasteiger partial charge < -0.3 is 5.73 Å². The predicted molar refractivity (Wildman–Crippen MR) is 83.6 cm³/mol. The molecular weight excluding hydrogens is 296 g/mol. The zero-order chi connectivity index (χ0) is 13.9. The molecule has 4 nitrogen and oxygen atoms in total. The largest absolute Gasteiger partial charge is 0.330 e. The third-order valence-electron chi connectivity index (χ3n) is 3.72. The van der Waals surface area contributed by atoms with E-state index in [9.17, 15) is 8.42 Å². The average molecular weight is 319 g/mol. The summed E-state index contributed by atoms with van der Waals surface area (Å²) in [5.74, 6) is 0.402. The highest BCUT2D eigenvalue weighted by atomic mass is 35.5. The highest BCUT2D eigenvalue weighted by Gasteiger charge is 2.29. The van der Waals surface area contributed by atoms with Crippen LogP contribution in [-0.2, 0) is 10.0 Å². The Kier molecular flexibility index (Phi) is 6.45. The lowest BCUT2D eigenvalue weighted by Gasteiger charge is -2.31. The van der Waals surface area contributed by atoms with E-state index in [1.54, 1.807) is 16.4 Å². The summed E-state index contributed by atoms with van der Waals surface area (Å²) in [6, 6.07) is 7.07. The standard InChI is InChI=1S/C14H22N2O2S.ClH/c1-12-4-6-14(7-5-12)19(17,18)16-10-2-3-13(11-16)8-9-15;/h4-7,13H,2-3,8-11,15H2,1H3;1H. The van der Waals surface area contributed by atoms with Crippen LogP contribution in [0.1, 0.15) is 24.8 Å². The van der Waals surface area contributed by atoms with E-state index >= 15 is 0 Å². The van der Waals surface area contributed by atoms with Crippen molar-refractivity contribution in [1.29, 1.82) is 0 Å². The minimum atomic E-state index is -3.34. The van der Waals surface area contributed by atoms with Crippen molar-refractivity contribution in [2.75, 3.05) is 19.6 Å². The molecule has 1 saturated heterocycles. The molecule has 0 aliphatic carbocycles. The summed E-state index contributed by atoms with van der Waals surface area (Å²) in [7, 11) is -3.34. The third kappa shape index (κ3) is 3.95. The molecule has 0 amide bonds. The first-order valence-electron chi connectivity index (χ1n) is 6.81. The lowest BCUT2D eigenvalue weighted by Crippen LogP contribution is -2.40. The van der Waals surface area contributed by atoms with Crippen LogP contribution in [0.4, 0.5) is 0 Å². The molecule has 2 rings (SSSR count). The highest BCUT2D eigenvalue weighted by Crippen LogP contribution is 2.25. The van der Waals surface area contributed by atoms with Crippen LogP contribution in [0, 0.1) is 12.8 Å². The molecule has 0 radical (unpaired) electrons. The lowest BCUT2D eigenvalue weighted by atomic mass is 9.96. The number of hydrogen-bond donors (Lipinski definition) is 1. The zero-order valence-corrected chi connectivity index (χ0v) is 13.4. The molecule has 20 heavy (non-hydrogen) atoms. The van der Waals surface area contributed by atoms with Crippen molar-refractivity contribution in [3.8, 4) is 0 Å². The number of benzene rings is 1. The van der Waals surface area contributed by atoms with Crippen LogP contribution in [0.3, 0.4) is 0 Å². The molecule has 1 heterocycles. The molecule has 1 atom stereocenters. The van der Waals surface area contributed by atoms with Crippen molar-refractivity contribution in [2.45, 2.75) is 31.1 Å². The van der Waals surface area contributed by atoms with Crippen LogP contribution in [0.25, 0.3) is 0 Å². The summed E-state index contributed by atoms with van der Waals surface area (Å²) < 4.78 is 26.7. The fraction of sp³-hybridized carbons (Fsp3) is 0.571. The maximum absolute atomic E-state index is 12.5. The van der Waals surface area contributed by atoms with Gasteiger partial charge in [-0.05, 0) is 50.8 Å². The second-order valence-electron chi connectivity index (χ2n) is 5.26. The van der Waals surface area contributed by atoms with E-state index < -0.39 is 10.0 Å². The fourth-order valence-corrected chi connectivity index (χ4v) is 4.13. The quantitative estimate of drug-likeness (QED) is 0.925. The summed E-state index contributed by atoms with van der Waals surface area (Å²) in [4.78, 5) is 0.395. The molecule has 2 N–H and O–H groups in total. The van der Waals surface area contributed by atoms with E-state index in [4.69, 9.17) is 5.73 Å². The SMILES string of the molecule is Cc1ccc(S(=O)(=O)N2CCCC(CCN)C2)cc1.Cl. The van der Waals surface area contributed by atoms with E-state index in [1.807, 2.05) is 19.1 Å². The van der Waals surface area contributed by atoms with Crippen LogP contribution in [0.5, 0.6) is 0 Å². The summed E-state index contributed by atoms with van der Waals surface area (Å²) in [6.07, 6.45) is 2.91. The van der Waals surface area contributed by atoms with Crippen molar-refractivity contribution in [1.82, 2.24) is 4.31 Å². The number of nitrogens with zero attached hydrogens (tertiary/aromatic N) is 1. The van der Waals surface area contributed by atoms with Gasteiger partial charge in [-0.3, -0.25) is 0 Å². The van der Waals surface area contributed by atoms with Crippen LogP contribution in [0.15, 0.2) is 29.2 Å². The smallest absolute Gasteiger partial charge is 0.243 e. The van der Waals surface area contributed by atoms with Gasteiger partial charge in [0.1, 0.15) is 0 Å². The van der Waals surface area contributed by atoms with Gasteiger partial charge in [0.25, 0.3) is 0 Å². The van der Waals surface area contributed by atoms with Gasteiger partial charge in [-0.25, -0.2) is 8.42 Å². The molecule has 0 saturated carbocycles. The number of sulfonamides is 1. The minimum absolute atomic E-state index is 0. The molecular formula is C14H23ClN2O2S. The first kappa shape index (κ1) is 17.4. The molecule has 1 aromatic rings. The molecule has 114 valence electrons. The van der Waals surface area contributed by atoms with E-state index in [1.165, 1.54) is 0 Å². The van der Waals surface area contributed by atoms with Gasteiger partial charge in [0.05, 0.1) is 4.90 Å². The van der Waals surface area contributed by atoms with Crippen molar-refractivity contribution in [2.24, 2.45) is 11.7 Å². The number of hydrogen-bond acceptors (Lipinski definition) is 3. The molecule has 1 fully saturated rings. The molecule has 0 aromatic heterocycles. The minimum Gasteiger partial charge on any atom is -0.330 e. The molecule has 1 aliphatic heterocycles. The predicted octanol–water partition coefficient (Wildman–Crippen LogP) is 2.17. The van der Waals surface area contributed by atoms with E-state index in [2.05, 4.69) is 0 Å². The summed E-state index contributed by atoms with van der Waals surface area (Å²) >= 11 is 0. The van der Waals surface area contributed by atoms with E-state index in [0.717, 1.165) is 24.8 Å². The fourth-order valence-electron chi connectivity index (χ4n) is 2.58. The van der Waals surface area contributed by atoms with Crippen LogP contribution in [0.2, 0.25) is 0 Å². The Labute approximate surface area is 127 Å². The summed E-state index contributed by atoms with van der Waals surface area (Å²) in [5.41, 5.74) is 6.64. The summed E-state index contributed by atoms with van der Waals surface area (Å²) in [6.45, 7) is 3.81. The Morgan fingerprint density at radius 2 is 1.95 bits per heavy atom. The zero-order valence-electron chi connectivity index (χ0n) is 11.8. The normalized spacial score (nSPS) is 20.4. The first-order chi connectivity index (χ1) is 9.04. The number of rotatable bonds is 4. The maximum Gasteiger partial charge on any atom is 0.243 e. The Bertz CT molecular complexity index is 514. The molecule has 1 aliphatic rings. The monoisotopic (exact) mass is 318 g/mol. The lowest BCUT2D eigenvalue weighted by molar-refractivity contribution is 0.258. The Hall–Kier alpha value is -0.620. The Balaban J connectivity index is 0.00000200. The van der Waals surface area contributed by atoms with Gasteiger partial charge in [0.15, 0.2) is 0 Å². The number of nitrogens with two attached hydrogens (primary N) is 1. The Morgan fingerprint density at radius 3 is 2.55 bits per heavy atom. The molecule has 1 aromatic carbocycles. The molecule has 6 heteroatoms. The first-order valence-corrected chi connectivity index (χ1v) is 8.25. The van der Waals surface area contributed by atoms with Gasteiger partial charge in [0.2, 0.25) is 10.0 Å². The molecule has 0 bridgehead atoms. The third-order valence-corrected chi connectivity index (χ3v) is 5.59. The Morgan fingerprint density at radius 1 is 1.30 bits per heavy atom. The van der Waals surface area contributed by atoms with Crippen molar-refractivity contribution in [3.05, 3.63) is 29.8 Å². The van der Waals surface area contributed by atoms with Gasteiger partial charge in [-0.15, -0.1) is 12.4 Å². The number of aryl methyl sites for hydroxylation is 1. The van der Waals surface area contributed by atoms with Crippen molar-refractivity contribution >= 4 is 22.4 Å². The van der Waals surface area contributed by atoms with E-state index in [0.29, 0.717) is 30.4 Å². The van der Waals surface area contributed by atoms with Crippen LogP contribution < -0.4 is 5.73 Å². The topological polar surface area (TPSA) is 63.4 Å². The average Bonchev–Trinajstić information content (AvgIpc) is 2.40. The number of halogens is 1. The maximum atomic E-state index is 12.5.